The number of likely N-dealkylation sites (tertiary alicyclic amines) is 1. The van der Waals surface area contributed by atoms with Gasteiger partial charge in [-0.25, -0.2) is 9.59 Å². The standard InChI is InChI=1S/C18H28ClN3O4/c1-12(2)22-15(16(23)25-11-19)10-14(20-22)13-6-8-21(9-7-13)17(24)26-18(3,4)5/h10,12-13H,6-9,11H2,1-5H3. The number of aromatic nitrogens is 2. The zero-order valence-electron chi connectivity index (χ0n) is 16.1. The molecule has 2 rings (SSSR count). The van der Waals surface area contributed by atoms with E-state index in [1.807, 2.05) is 34.6 Å². The van der Waals surface area contributed by atoms with Gasteiger partial charge in [-0.2, -0.15) is 5.10 Å². The van der Waals surface area contributed by atoms with E-state index in [4.69, 9.17) is 21.1 Å². The number of carbonyl (C=O) groups is 2. The third kappa shape index (κ3) is 5.13. The number of alkyl halides is 1. The van der Waals surface area contributed by atoms with Crippen LogP contribution in [-0.2, 0) is 9.47 Å². The van der Waals surface area contributed by atoms with Gasteiger partial charge >= 0.3 is 12.1 Å². The van der Waals surface area contributed by atoms with E-state index in [9.17, 15) is 9.59 Å². The lowest BCUT2D eigenvalue weighted by Crippen LogP contribution is -2.41. The second-order valence-corrected chi connectivity index (χ2v) is 7.99. The maximum absolute atomic E-state index is 12.2. The van der Waals surface area contributed by atoms with Crippen molar-refractivity contribution in [2.75, 3.05) is 19.2 Å². The largest absolute Gasteiger partial charge is 0.445 e. The van der Waals surface area contributed by atoms with Crippen LogP contribution in [0, 0.1) is 0 Å². The second kappa shape index (κ2) is 8.29. The van der Waals surface area contributed by atoms with E-state index in [0.29, 0.717) is 18.8 Å². The molecule has 1 aromatic rings. The first-order chi connectivity index (χ1) is 12.1. The molecule has 0 bridgehead atoms. The molecule has 0 atom stereocenters. The predicted octanol–water partition coefficient (Wildman–Crippen LogP) is 3.93. The maximum atomic E-state index is 12.2. The van der Waals surface area contributed by atoms with E-state index in [1.54, 1.807) is 15.6 Å². The van der Waals surface area contributed by atoms with E-state index >= 15 is 0 Å². The first-order valence-electron chi connectivity index (χ1n) is 8.93. The van der Waals surface area contributed by atoms with Crippen LogP contribution < -0.4 is 0 Å². The third-order valence-electron chi connectivity index (χ3n) is 4.20. The number of ether oxygens (including phenoxy) is 2. The van der Waals surface area contributed by atoms with Crippen LogP contribution >= 0.6 is 11.6 Å². The van der Waals surface area contributed by atoms with Crippen molar-refractivity contribution in [3.63, 3.8) is 0 Å². The molecule has 8 heteroatoms. The fourth-order valence-corrected chi connectivity index (χ4v) is 3.07. The summed E-state index contributed by atoms with van der Waals surface area (Å²) in [4.78, 5) is 26.0. The molecule has 1 saturated heterocycles. The molecule has 0 N–H and O–H groups in total. The Kier molecular flexibility index (Phi) is 6.55. The Morgan fingerprint density at radius 3 is 2.42 bits per heavy atom. The number of hydrogen-bond donors (Lipinski definition) is 0. The summed E-state index contributed by atoms with van der Waals surface area (Å²) < 4.78 is 12.0. The molecule has 1 aliphatic rings. The monoisotopic (exact) mass is 385 g/mol. The molecule has 1 aromatic heterocycles. The summed E-state index contributed by atoms with van der Waals surface area (Å²) in [5, 5.41) is 4.60. The Morgan fingerprint density at radius 2 is 1.92 bits per heavy atom. The van der Waals surface area contributed by atoms with Crippen LogP contribution in [0.3, 0.4) is 0 Å². The maximum Gasteiger partial charge on any atom is 0.410 e. The number of nitrogens with zero attached hydrogens (tertiary/aromatic N) is 3. The number of rotatable bonds is 4. The minimum atomic E-state index is -0.498. The van der Waals surface area contributed by atoms with Gasteiger partial charge in [0.05, 0.1) is 5.69 Å². The number of esters is 1. The lowest BCUT2D eigenvalue weighted by atomic mass is 9.93. The third-order valence-corrected chi connectivity index (χ3v) is 4.31. The first-order valence-corrected chi connectivity index (χ1v) is 9.46. The molecule has 0 aromatic carbocycles. The van der Waals surface area contributed by atoms with Gasteiger partial charge in [0.2, 0.25) is 0 Å². The summed E-state index contributed by atoms with van der Waals surface area (Å²) in [6, 6.07) is 1.62. The quantitative estimate of drug-likeness (QED) is 0.579. The van der Waals surface area contributed by atoms with Gasteiger partial charge in [0.15, 0.2) is 6.07 Å². The molecule has 0 saturated carbocycles. The second-order valence-electron chi connectivity index (χ2n) is 7.78. The minimum Gasteiger partial charge on any atom is -0.445 e. The smallest absolute Gasteiger partial charge is 0.410 e. The van der Waals surface area contributed by atoms with Crippen LogP contribution in [0.25, 0.3) is 0 Å². The molecule has 26 heavy (non-hydrogen) atoms. The van der Waals surface area contributed by atoms with Crippen molar-refractivity contribution in [1.82, 2.24) is 14.7 Å². The summed E-state index contributed by atoms with van der Waals surface area (Å²) >= 11 is 5.50. The molecule has 2 heterocycles. The van der Waals surface area contributed by atoms with Crippen molar-refractivity contribution < 1.29 is 19.1 Å². The number of halogens is 1. The van der Waals surface area contributed by atoms with Crippen LogP contribution in [0.2, 0.25) is 0 Å². The highest BCUT2D eigenvalue weighted by atomic mass is 35.5. The van der Waals surface area contributed by atoms with Gasteiger partial charge in [-0.15, -0.1) is 0 Å². The minimum absolute atomic E-state index is 0.0310. The number of piperidine rings is 1. The summed E-state index contributed by atoms with van der Waals surface area (Å²) in [5.74, 6) is -0.283. The average molecular weight is 386 g/mol. The van der Waals surface area contributed by atoms with E-state index in [1.165, 1.54) is 0 Å². The van der Waals surface area contributed by atoms with E-state index in [2.05, 4.69) is 5.10 Å². The van der Waals surface area contributed by atoms with Gasteiger partial charge in [-0.1, -0.05) is 11.6 Å². The number of amides is 1. The SMILES string of the molecule is CC(C)n1nc(C2CCN(C(=O)OC(C)(C)C)CC2)cc1C(=O)OCCl. The number of hydrogen-bond acceptors (Lipinski definition) is 5. The van der Waals surface area contributed by atoms with Gasteiger partial charge in [0.25, 0.3) is 0 Å². The van der Waals surface area contributed by atoms with Crippen LogP contribution in [0.1, 0.15) is 75.6 Å². The molecule has 1 fully saturated rings. The Hall–Kier alpha value is -1.76. The molecule has 0 aliphatic carbocycles. The number of carbonyl (C=O) groups excluding carboxylic acids is 2. The molecular formula is C18H28ClN3O4. The van der Waals surface area contributed by atoms with Crippen molar-refractivity contribution >= 4 is 23.7 Å². The molecule has 7 nitrogen and oxygen atoms in total. The molecule has 0 spiro atoms. The summed E-state index contributed by atoms with van der Waals surface area (Å²) in [7, 11) is 0. The van der Waals surface area contributed by atoms with Crippen LogP contribution in [0.4, 0.5) is 4.79 Å². The Morgan fingerprint density at radius 1 is 1.31 bits per heavy atom. The van der Waals surface area contributed by atoms with E-state index in [0.717, 1.165) is 18.5 Å². The molecule has 0 unspecified atom stereocenters. The zero-order valence-corrected chi connectivity index (χ0v) is 16.9. The lowest BCUT2D eigenvalue weighted by Gasteiger charge is -2.32. The van der Waals surface area contributed by atoms with Crippen molar-refractivity contribution in [3.05, 3.63) is 17.5 Å². The Balaban J connectivity index is 2.06. The molecule has 1 amide bonds. The fraction of sp³-hybridized carbons (Fsp3) is 0.722. The first kappa shape index (κ1) is 20.6. The molecule has 146 valence electrons. The van der Waals surface area contributed by atoms with E-state index < -0.39 is 11.6 Å². The van der Waals surface area contributed by atoms with Crippen molar-refractivity contribution in [1.29, 1.82) is 0 Å². The Labute approximate surface area is 159 Å². The van der Waals surface area contributed by atoms with Gasteiger partial charge in [0.1, 0.15) is 11.3 Å². The van der Waals surface area contributed by atoms with Gasteiger partial charge < -0.3 is 14.4 Å². The van der Waals surface area contributed by atoms with Crippen molar-refractivity contribution in [2.24, 2.45) is 0 Å². The van der Waals surface area contributed by atoms with E-state index in [-0.39, 0.29) is 24.1 Å². The summed E-state index contributed by atoms with van der Waals surface area (Å²) in [6.45, 7) is 10.7. The summed E-state index contributed by atoms with van der Waals surface area (Å²) in [5.41, 5.74) is 0.760. The van der Waals surface area contributed by atoms with Crippen molar-refractivity contribution in [3.8, 4) is 0 Å². The Bertz CT molecular complexity index is 643. The lowest BCUT2D eigenvalue weighted by molar-refractivity contribution is 0.0203. The van der Waals surface area contributed by atoms with Crippen LogP contribution in [0.15, 0.2) is 6.07 Å². The zero-order chi connectivity index (χ0) is 19.5. The van der Waals surface area contributed by atoms with Gasteiger partial charge in [0, 0.05) is 25.0 Å². The molecule has 0 radical (unpaired) electrons. The van der Waals surface area contributed by atoms with Crippen LogP contribution in [-0.4, -0.2) is 51.5 Å². The topological polar surface area (TPSA) is 73.7 Å². The van der Waals surface area contributed by atoms with Crippen molar-refractivity contribution in [2.45, 2.75) is 65.0 Å². The normalized spacial score (nSPS) is 16.0. The molecule has 1 aliphatic heterocycles. The van der Waals surface area contributed by atoms with Crippen LogP contribution in [0.5, 0.6) is 0 Å². The average Bonchev–Trinajstić information content (AvgIpc) is 2.99. The highest BCUT2D eigenvalue weighted by Gasteiger charge is 2.30. The highest BCUT2D eigenvalue weighted by molar-refractivity contribution is 6.17. The fourth-order valence-electron chi connectivity index (χ4n) is 2.97. The molecular weight excluding hydrogens is 358 g/mol. The van der Waals surface area contributed by atoms with Gasteiger partial charge in [-0.3, -0.25) is 4.68 Å². The summed E-state index contributed by atoms with van der Waals surface area (Å²) in [6.07, 6.45) is 1.27. The predicted molar refractivity (Wildman–Crippen MR) is 98.5 cm³/mol. The highest BCUT2D eigenvalue weighted by Crippen LogP contribution is 2.29. The van der Waals surface area contributed by atoms with Gasteiger partial charge in [-0.05, 0) is 53.5 Å².